The fraction of sp³-hybridized carbons (Fsp3) is 0.222. The van der Waals surface area contributed by atoms with Gasteiger partial charge >= 0.3 is 0 Å². The zero-order chi connectivity index (χ0) is 23.8. The van der Waals surface area contributed by atoms with Crippen LogP contribution in [-0.2, 0) is 4.79 Å². The molecule has 172 valence electrons. The number of carbonyl (C=O) groups is 2. The molecule has 1 aliphatic rings. The number of nitrogens with one attached hydrogen (secondary N) is 1. The predicted octanol–water partition coefficient (Wildman–Crippen LogP) is 4.18. The van der Waals surface area contributed by atoms with Crippen molar-refractivity contribution in [2.75, 3.05) is 37.6 Å². The van der Waals surface area contributed by atoms with Crippen molar-refractivity contribution in [3.63, 3.8) is 0 Å². The number of rotatable bonds is 7. The highest BCUT2D eigenvalue weighted by Gasteiger charge is 2.21. The molecule has 1 N–H and O–H groups in total. The van der Waals surface area contributed by atoms with Crippen LogP contribution in [0.4, 0.5) is 5.69 Å². The third kappa shape index (κ3) is 5.77. The van der Waals surface area contributed by atoms with E-state index in [1.807, 2.05) is 59.5 Å². The number of benzene rings is 3. The van der Waals surface area contributed by atoms with E-state index in [4.69, 9.17) is 0 Å². The molecule has 0 radical (unpaired) electrons. The van der Waals surface area contributed by atoms with Gasteiger partial charge in [0.25, 0.3) is 5.91 Å². The molecule has 0 unspecified atom stereocenters. The summed E-state index contributed by atoms with van der Waals surface area (Å²) >= 11 is 1.39. The van der Waals surface area contributed by atoms with Gasteiger partial charge in [-0.25, -0.2) is 0 Å². The molecular formula is C27H26N4O2S. The van der Waals surface area contributed by atoms with Gasteiger partial charge in [0.15, 0.2) is 0 Å². The summed E-state index contributed by atoms with van der Waals surface area (Å²) in [7, 11) is 0. The summed E-state index contributed by atoms with van der Waals surface area (Å²) in [6, 6.07) is 27.0. The van der Waals surface area contributed by atoms with Gasteiger partial charge in [-0.2, -0.15) is 5.26 Å². The van der Waals surface area contributed by atoms with Crippen LogP contribution in [0.2, 0.25) is 0 Å². The van der Waals surface area contributed by atoms with Crippen LogP contribution in [0.1, 0.15) is 22.3 Å². The number of piperazine rings is 1. The first-order valence-corrected chi connectivity index (χ1v) is 12.1. The fourth-order valence-corrected chi connectivity index (χ4v) is 4.92. The topological polar surface area (TPSA) is 76.4 Å². The lowest BCUT2D eigenvalue weighted by atomic mass is 10.2. The van der Waals surface area contributed by atoms with Crippen molar-refractivity contribution in [1.29, 1.82) is 5.26 Å². The Morgan fingerprint density at radius 3 is 2.24 bits per heavy atom. The molecule has 0 aromatic heterocycles. The lowest BCUT2D eigenvalue weighted by Crippen LogP contribution is -2.49. The van der Waals surface area contributed by atoms with Crippen molar-refractivity contribution in [3.8, 4) is 6.07 Å². The largest absolute Gasteiger partial charge is 0.368 e. The number of hydrogen-bond acceptors (Lipinski definition) is 5. The van der Waals surface area contributed by atoms with E-state index in [0.29, 0.717) is 24.2 Å². The van der Waals surface area contributed by atoms with E-state index in [-0.39, 0.29) is 24.8 Å². The summed E-state index contributed by atoms with van der Waals surface area (Å²) in [5, 5.41) is 12.2. The normalized spacial score (nSPS) is 13.3. The van der Waals surface area contributed by atoms with Gasteiger partial charge in [-0.3, -0.25) is 9.59 Å². The quantitative estimate of drug-likeness (QED) is 0.561. The highest BCUT2D eigenvalue weighted by molar-refractivity contribution is 7.99. The highest BCUT2D eigenvalue weighted by atomic mass is 32.2. The van der Waals surface area contributed by atoms with E-state index in [9.17, 15) is 14.9 Å². The van der Waals surface area contributed by atoms with E-state index >= 15 is 0 Å². The van der Waals surface area contributed by atoms with E-state index in [2.05, 4.69) is 28.4 Å². The Kier molecular flexibility index (Phi) is 7.84. The number of anilines is 1. The number of amides is 2. The van der Waals surface area contributed by atoms with Crippen LogP contribution in [0.15, 0.2) is 88.7 Å². The van der Waals surface area contributed by atoms with Crippen LogP contribution in [0.5, 0.6) is 0 Å². The molecule has 34 heavy (non-hydrogen) atoms. The van der Waals surface area contributed by atoms with Gasteiger partial charge in [0, 0.05) is 54.6 Å². The first-order valence-electron chi connectivity index (χ1n) is 11.3. The predicted molar refractivity (Wildman–Crippen MR) is 134 cm³/mol. The van der Waals surface area contributed by atoms with Gasteiger partial charge in [0.05, 0.1) is 11.1 Å². The number of hydrogen-bond donors (Lipinski definition) is 1. The average Bonchev–Trinajstić information content (AvgIpc) is 2.90. The second kappa shape index (κ2) is 11.4. The average molecular weight is 471 g/mol. The summed E-state index contributed by atoms with van der Waals surface area (Å²) < 4.78 is 0. The molecule has 3 aromatic carbocycles. The van der Waals surface area contributed by atoms with Crippen molar-refractivity contribution in [2.45, 2.75) is 16.2 Å². The molecule has 3 aromatic rings. The number of carbonyl (C=O) groups excluding carboxylic acids is 2. The molecule has 2 amide bonds. The highest BCUT2D eigenvalue weighted by Crippen LogP contribution is 2.32. The third-order valence-electron chi connectivity index (χ3n) is 5.74. The van der Waals surface area contributed by atoms with Gasteiger partial charge in [-0.1, -0.05) is 54.2 Å². The molecule has 0 aliphatic carbocycles. The molecule has 0 bridgehead atoms. The Morgan fingerprint density at radius 1 is 0.853 bits per heavy atom. The van der Waals surface area contributed by atoms with Crippen molar-refractivity contribution in [1.82, 2.24) is 10.2 Å². The Hall–Kier alpha value is -3.76. The number of nitrogens with zero attached hydrogens (tertiary/aromatic N) is 3. The zero-order valence-electron chi connectivity index (χ0n) is 18.8. The lowest BCUT2D eigenvalue weighted by Gasteiger charge is -2.36. The molecular weight excluding hydrogens is 444 g/mol. The molecule has 6 nitrogen and oxygen atoms in total. The second-order valence-electron chi connectivity index (χ2n) is 7.92. The van der Waals surface area contributed by atoms with Crippen molar-refractivity contribution in [2.24, 2.45) is 0 Å². The minimum absolute atomic E-state index is 0.0543. The molecule has 0 saturated carbocycles. The van der Waals surface area contributed by atoms with Crippen LogP contribution < -0.4 is 10.2 Å². The minimum atomic E-state index is -0.223. The monoisotopic (exact) mass is 470 g/mol. The molecule has 0 spiro atoms. The van der Waals surface area contributed by atoms with Gasteiger partial charge in [-0.15, -0.1) is 0 Å². The molecule has 1 heterocycles. The Morgan fingerprint density at radius 2 is 1.50 bits per heavy atom. The molecule has 4 rings (SSSR count). The zero-order valence-corrected chi connectivity index (χ0v) is 19.6. The van der Waals surface area contributed by atoms with Crippen LogP contribution in [0.25, 0.3) is 0 Å². The van der Waals surface area contributed by atoms with Gasteiger partial charge in [0.1, 0.15) is 6.07 Å². The summed E-state index contributed by atoms with van der Waals surface area (Å²) in [6.07, 6.45) is 0.268. The van der Waals surface area contributed by atoms with E-state index in [1.54, 1.807) is 12.1 Å². The Balaban J connectivity index is 1.28. The first kappa shape index (κ1) is 23.4. The first-order chi connectivity index (χ1) is 16.7. The van der Waals surface area contributed by atoms with Crippen molar-refractivity contribution >= 4 is 29.3 Å². The molecule has 7 heteroatoms. The van der Waals surface area contributed by atoms with Crippen LogP contribution >= 0.6 is 11.8 Å². The maximum atomic E-state index is 12.8. The van der Waals surface area contributed by atoms with Crippen LogP contribution in [0, 0.1) is 11.3 Å². The SMILES string of the molecule is N#Cc1ccccc1Sc1ccccc1C(=O)NCCC(=O)N1CCN(c2ccccc2)CC1. The summed E-state index contributed by atoms with van der Waals surface area (Å²) in [5.74, 6) is -0.169. The van der Waals surface area contributed by atoms with Gasteiger partial charge < -0.3 is 15.1 Å². The van der Waals surface area contributed by atoms with Crippen molar-refractivity contribution in [3.05, 3.63) is 90.0 Å². The lowest BCUT2D eigenvalue weighted by molar-refractivity contribution is -0.131. The summed E-state index contributed by atoms with van der Waals surface area (Å²) in [6.45, 7) is 3.25. The fourth-order valence-electron chi connectivity index (χ4n) is 3.90. The molecule has 1 aliphatic heterocycles. The van der Waals surface area contributed by atoms with E-state index in [0.717, 1.165) is 22.9 Å². The maximum Gasteiger partial charge on any atom is 0.252 e. The second-order valence-corrected chi connectivity index (χ2v) is 9.00. The number of nitriles is 1. The smallest absolute Gasteiger partial charge is 0.252 e. The molecule has 0 atom stereocenters. The van der Waals surface area contributed by atoms with E-state index < -0.39 is 0 Å². The van der Waals surface area contributed by atoms with Gasteiger partial charge in [0.2, 0.25) is 5.91 Å². The van der Waals surface area contributed by atoms with E-state index in [1.165, 1.54) is 17.4 Å². The maximum absolute atomic E-state index is 12.8. The minimum Gasteiger partial charge on any atom is -0.368 e. The molecule has 1 saturated heterocycles. The number of para-hydroxylation sites is 1. The van der Waals surface area contributed by atoms with Crippen molar-refractivity contribution < 1.29 is 9.59 Å². The van der Waals surface area contributed by atoms with Crippen LogP contribution in [-0.4, -0.2) is 49.4 Å². The Bertz CT molecular complexity index is 1180. The third-order valence-corrected chi connectivity index (χ3v) is 6.89. The van der Waals surface area contributed by atoms with Gasteiger partial charge in [-0.05, 0) is 36.4 Å². The Labute approximate surface area is 204 Å². The van der Waals surface area contributed by atoms with Crippen LogP contribution in [0.3, 0.4) is 0 Å². The standard InChI is InChI=1S/C27H26N4O2S/c28-20-21-8-4-6-12-24(21)34-25-13-7-5-11-23(25)27(33)29-15-14-26(32)31-18-16-30(17-19-31)22-9-2-1-3-10-22/h1-13H,14-19H2,(H,29,33). The summed E-state index contributed by atoms with van der Waals surface area (Å²) in [5.41, 5.74) is 2.28. The molecule has 1 fully saturated rings. The summed E-state index contributed by atoms with van der Waals surface area (Å²) in [4.78, 5) is 31.2.